The molecular weight excluding hydrogens is 440 g/mol. The summed E-state index contributed by atoms with van der Waals surface area (Å²) in [5, 5.41) is 10.2. The molecule has 2 atom stereocenters. The first-order valence-corrected chi connectivity index (χ1v) is 13.3. The summed E-state index contributed by atoms with van der Waals surface area (Å²) in [5.74, 6) is 0.219. The molecule has 0 aromatic heterocycles. The van der Waals surface area contributed by atoms with Crippen molar-refractivity contribution in [2.45, 2.75) is 84.5 Å². The van der Waals surface area contributed by atoms with Gasteiger partial charge in [-0.3, -0.25) is 4.79 Å². The Morgan fingerprint density at radius 3 is 2.51 bits per heavy atom. The van der Waals surface area contributed by atoms with Crippen LogP contribution < -0.4 is 16.0 Å². The molecule has 0 spiro atoms. The van der Waals surface area contributed by atoms with Gasteiger partial charge in [-0.05, 0) is 75.7 Å². The Morgan fingerprint density at radius 1 is 1.17 bits per heavy atom. The third kappa shape index (κ3) is 8.65. The molecule has 0 aliphatic carbocycles. The number of rotatable bonds is 9. The maximum atomic E-state index is 12.3. The van der Waals surface area contributed by atoms with Crippen LogP contribution >= 0.6 is 0 Å². The fourth-order valence-corrected chi connectivity index (χ4v) is 5.09. The second-order valence-electron chi connectivity index (χ2n) is 10.2. The van der Waals surface area contributed by atoms with E-state index >= 15 is 0 Å². The average molecular weight is 485 g/mol. The lowest BCUT2D eigenvalue weighted by atomic mass is 9.84. The number of benzene rings is 1. The topological polar surface area (TPSA) is 82.7 Å². The molecule has 2 fully saturated rings. The van der Waals surface area contributed by atoms with E-state index in [0.717, 1.165) is 38.9 Å². The lowest BCUT2D eigenvalue weighted by Crippen LogP contribution is -2.52. The SMILES string of the molecule is CCC=C(CC1CN(C(C)=O)CCC1NC(=O)OC(C)C)c1ccc(CNC2CCNCC2)cc1. The van der Waals surface area contributed by atoms with Gasteiger partial charge in [0.2, 0.25) is 5.91 Å². The number of allylic oxidation sites excluding steroid dienone is 2. The maximum Gasteiger partial charge on any atom is 0.407 e. The molecular formula is C28H44N4O3. The molecule has 7 heteroatoms. The first-order chi connectivity index (χ1) is 16.9. The van der Waals surface area contributed by atoms with Crippen molar-refractivity contribution in [2.75, 3.05) is 26.2 Å². The number of hydrogen-bond donors (Lipinski definition) is 3. The number of hydrogen-bond acceptors (Lipinski definition) is 5. The van der Waals surface area contributed by atoms with Crippen LogP contribution in [0.1, 0.15) is 70.9 Å². The molecule has 1 aromatic rings. The van der Waals surface area contributed by atoms with Gasteiger partial charge < -0.3 is 25.6 Å². The molecule has 35 heavy (non-hydrogen) atoms. The smallest absolute Gasteiger partial charge is 0.407 e. The second-order valence-corrected chi connectivity index (χ2v) is 10.2. The lowest BCUT2D eigenvalue weighted by Gasteiger charge is -2.39. The summed E-state index contributed by atoms with van der Waals surface area (Å²) in [5.41, 5.74) is 3.77. The molecule has 2 aliphatic rings. The third-order valence-electron chi connectivity index (χ3n) is 7.02. The molecule has 0 radical (unpaired) electrons. The molecule has 0 saturated carbocycles. The van der Waals surface area contributed by atoms with Crippen LogP contribution in [0.4, 0.5) is 4.79 Å². The number of likely N-dealkylation sites (tertiary alicyclic amines) is 1. The number of amides is 2. The molecule has 3 N–H and O–H groups in total. The van der Waals surface area contributed by atoms with Crippen LogP contribution in [-0.4, -0.2) is 61.3 Å². The van der Waals surface area contributed by atoms with E-state index in [9.17, 15) is 9.59 Å². The van der Waals surface area contributed by atoms with Gasteiger partial charge in [-0.2, -0.15) is 0 Å². The minimum Gasteiger partial charge on any atom is -0.447 e. The molecule has 2 saturated heterocycles. The summed E-state index contributed by atoms with van der Waals surface area (Å²) in [4.78, 5) is 26.3. The van der Waals surface area contributed by atoms with E-state index in [4.69, 9.17) is 4.74 Å². The highest BCUT2D eigenvalue weighted by Gasteiger charge is 2.32. The Labute approximate surface area is 211 Å². The van der Waals surface area contributed by atoms with Crippen LogP contribution in [0.5, 0.6) is 0 Å². The Kier molecular flexibility index (Phi) is 10.6. The quantitative estimate of drug-likeness (QED) is 0.492. The van der Waals surface area contributed by atoms with Gasteiger partial charge in [0.25, 0.3) is 0 Å². The molecule has 194 valence electrons. The zero-order valence-electron chi connectivity index (χ0n) is 21.9. The molecule has 1 aromatic carbocycles. The van der Waals surface area contributed by atoms with Gasteiger partial charge in [0.05, 0.1) is 6.10 Å². The average Bonchev–Trinajstić information content (AvgIpc) is 2.84. The number of nitrogens with one attached hydrogen (secondary N) is 3. The summed E-state index contributed by atoms with van der Waals surface area (Å²) in [6.45, 7) is 11.8. The van der Waals surface area contributed by atoms with Crippen molar-refractivity contribution in [3.8, 4) is 0 Å². The highest BCUT2D eigenvalue weighted by Crippen LogP contribution is 2.30. The van der Waals surface area contributed by atoms with E-state index in [1.54, 1.807) is 6.92 Å². The highest BCUT2D eigenvalue weighted by atomic mass is 16.6. The highest BCUT2D eigenvalue weighted by molar-refractivity contribution is 5.74. The van der Waals surface area contributed by atoms with Gasteiger partial charge in [0.1, 0.15) is 0 Å². The van der Waals surface area contributed by atoms with Crippen molar-refractivity contribution in [3.05, 3.63) is 41.5 Å². The molecule has 7 nitrogen and oxygen atoms in total. The molecule has 2 aliphatic heterocycles. The first kappa shape index (κ1) is 27.2. The lowest BCUT2D eigenvalue weighted by molar-refractivity contribution is -0.130. The number of nitrogens with zero attached hydrogens (tertiary/aromatic N) is 1. The molecule has 3 rings (SSSR count). The van der Waals surface area contributed by atoms with Crippen LogP contribution in [0.15, 0.2) is 30.3 Å². The van der Waals surface area contributed by atoms with Crippen LogP contribution in [0.25, 0.3) is 5.57 Å². The number of ether oxygens (including phenoxy) is 1. The fourth-order valence-electron chi connectivity index (χ4n) is 5.09. The predicted molar refractivity (Wildman–Crippen MR) is 141 cm³/mol. The molecule has 0 bridgehead atoms. The number of carbonyl (C=O) groups is 2. The third-order valence-corrected chi connectivity index (χ3v) is 7.02. The maximum absolute atomic E-state index is 12.3. The fraction of sp³-hybridized carbons (Fsp3) is 0.643. The minimum atomic E-state index is -0.377. The van der Waals surface area contributed by atoms with Crippen molar-refractivity contribution in [1.82, 2.24) is 20.9 Å². The van der Waals surface area contributed by atoms with Gasteiger partial charge in [-0.15, -0.1) is 0 Å². The summed E-state index contributed by atoms with van der Waals surface area (Å²) in [6.07, 6.45) is 6.57. The second kappa shape index (κ2) is 13.6. The van der Waals surface area contributed by atoms with Gasteiger partial charge >= 0.3 is 6.09 Å². The van der Waals surface area contributed by atoms with E-state index in [-0.39, 0.29) is 30.1 Å². The van der Waals surface area contributed by atoms with Crippen molar-refractivity contribution in [1.29, 1.82) is 0 Å². The van der Waals surface area contributed by atoms with Crippen LogP contribution in [0.2, 0.25) is 0 Å². The standard InChI is InChI=1S/C28H44N4O3/c1-5-6-24(23-9-7-22(8-10-23)18-30-26-11-14-29-15-12-26)17-25-19-32(21(4)33)16-13-27(25)31-28(34)35-20(2)3/h6-10,20,25-27,29-30H,5,11-19H2,1-4H3,(H,31,34). The number of piperidine rings is 2. The van der Waals surface area contributed by atoms with Crippen molar-refractivity contribution in [3.63, 3.8) is 0 Å². The van der Waals surface area contributed by atoms with Crippen molar-refractivity contribution >= 4 is 17.6 Å². The molecule has 2 amide bonds. The van der Waals surface area contributed by atoms with E-state index in [0.29, 0.717) is 19.1 Å². The summed E-state index contributed by atoms with van der Waals surface area (Å²) in [7, 11) is 0. The summed E-state index contributed by atoms with van der Waals surface area (Å²) in [6, 6.07) is 9.42. The van der Waals surface area contributed by atoms with E-state index < -0.39 is 0 Å². The largest absolute Gasteiger partial charge is 0.447 e. The van der Waals surface area contributed by atoms with Gasteiger partial charge in [0, 0.05) is 44.6 Å². The van der Waals surface area contributed by atoms with E-state index in [1.165, 1.54) is 29.5 Å². The Bertz CT molecular complexity index is 846. The van der Waals surface area contributed by atoms with E-state index in [1.807, 2.05) is 18.7 Å². The normalized spacial score (nSPS) is 21.7. The van der Waals surface area contributed by atoms with Gasteiger partial charge in [0.15, 0.2) is 0 Å². The molecule has 2 unspecified atom stereocenters. The number of alkyl carbamates (subject to hydrolysis) is 1. The molecule has 2 heterocycles. The first-order valence-electron chi connectivity index (χ1n) is 13.3. The zero-order valence-corrected chi connectivity index (χ0v) is 21.9. The Hall–Kier alpha value is -2.38. The van der Waals surface area contributed by atoms with Crippen LogP contribution in [-0.2, 0) is 16.1 Å². The number of carbonyl (C=O) groups excluding carboxylic acids is 2. The summed E-state index contributed by atoms with van der Waals surface area (Å²) < 4.78 is 5.34. The van der Waals surface area contributed by atoms with Gasteiger partial charge in [-0.1, -0.05) is 37.3 Å². The predicted octanol–water partition coefficient (Wildman–Crippen LogP) is 4.08. The Morgan fingerprint density at radius 2 is 1.89 bits per heavy atom. The monoisotopic (exact) mass is 484 g/mol. The zero-order chi connectivity index (χ0) is 25.2. The van der Waals surface area contributed by atoms with Crippen LogP contribution in [0, 0.1) is 5.92 Å². The summed E-state index contributed by atoms with van der Waals surface area (Å²) >= 11 is 0. The van der Waals surface area contributed by atoms with E-state index in [2.05, 4.69) is 53.2 Å². The Balaban J connectivity index is 1.67. The van der Waals surface area contributed by atoms with Crippen LogP contribution in [0.3, 0.4) is 0 Å². The van der Waals surface area contributed by atoms with Crippen molar-refractivity contribution in [2.24, 2.45) is 5.92 Å². The van der Waals surface area contributed by atoms with Crippen molar-refractivity contribution < 1.29 is 14.3 Å². The minimum absolute atomic E-state index is 0.0226. The van der Waals surface area contributed by atoms with Gasteiger partial charge in [-0.25, -0.2) is 4.79 Å².